The van der Waals surface area contributed by atoms with Crippen LogP contribution in [-0.4, -0.2) is 27.0 Å². The normalized spacial score (nSPS) is 10.7. The summed E-state index contributed by atoms with van der Waals surface area (Å²) in [5.74, 6) is -1.31. The number of hydrogen-bond acceptors (Lipinski definition) is 4. The zero-order valence-corrected chi connectivity index (χ0v) is 14.9. The SMILES string of the molecule is O=C(O)CCCC(=O)Nc1ccc(Cl)cc1-c1nc2ccccc2[nH]c1=O. The van der Waals surface area contributed by atoms with Crippen LogP contribution in [0.5, 0.6) is 0 Å². The van der Waals surface area contributed by atoms with Crippen LogP contribution < -0.4 is 10.9 Å². The monoisotopic (exact) mass is 385 g/mol. The lowest BCUT2D eigenvalue weighted by Crippen LogP contribution is -2.16. The number of carboxylic acids is 1. The third-order valence-corrected chi connectivity index (χ3v) is 4.14. The predicted molar refractivity (Wildman–Crippen MR) is 103 cm³/mol. The van der Waals surface area contributed by atoms with Gasteiger partial charge in [0.15, 0.2) is 0 Å². The van der Waals surface area contributed by atoms with E-state index in [0.29, 0.717) is 27.3 Å². The Morgan fingerprint density at radius 3 is 2.70 bits per heavy atom. The maximum atomic E-state index is 12.5. The van der Waals surface area contributed by atoms with Crippen LogP contribution in [0.3, 0.4) is 0 Å². The smallest absolute Gasteiger partial charge is 0.303 e. The van der Waals surface area contributed by atoms with Gasteiger partial charge in [-0.3, -0.25) is 14.4 Å². The van der Waals surface area contributed by atoms with Crippen LogP contribution in [0.25, 0.3) is 22.3 Å². The lowest BCUT2D eigenvalue weighted by Gasteiger charge is -2.11. The number of hydrogen-bond donors (Lipinski definition) is 3. The number of anilines is 1. The Bertz CT molecular complexity index is 1080. The second kappa shape index (κ2) is 8.01. The second-order valence-electron chi connectivity index (χ2n) is 5.92. The summed E-state index contributed by atoms with van der Waals surface area (Å²) in [5.41, 5.74) is 1.71. The quantitative estimate of drug-likeness (QED) is 0.601. The highest BCUT2D eigenvalue weighted by atomic mass is 35.5. The number of nitrogens with one attached hydrogen (secondary N) is 2. The van der Waals surface area contributed by atoms with Crippen molar-refractivity contribution in [3.63, 3.8) is 0 Å². The van der Waals surface area contributed by atoms with Crippen LogP contribution in [0.1, 0.15) is 19.3 Å². The molecule has 0 spiro atoms. The Balaban J connectivity index is 1.95. The van der Waals surface area contributed by atoms with Crippen molar-refractivity contribution >= 4 is 40.2 Å². The topological polar surface area (TPSA) is 112 Å². The molecule has 2 aromatic carbocycles. The van der Waals surface area contributed by atoms with E-state index in [1.807, 2.05) is 0 Å². The van der Waals surface area contributed by atoms with E-state index in [4.69, 9.17) is 16.7 Å². The molecule has 3 rings (SSSR count). The number of fused-ring (bicyclic) bond motifs is 1. The van der Waals surface area contributed by atoms with Crippen molar-refractivity contribution in [2.24, 2.45) is 0 Å². The lowest BCUT2D eigenvalue weighted by molar-refractivity contribution is -0.137. The highest BCUT2D eigenvalue weighted by Crippen LogP contribution is 2.28. The van der Waals surface area contributed by atoms with Crippen LogP contribution in [0.15, 0.2) is 47.3 Å². The van der Waals surface area contributed by atoms with Gasteiger partial charge in [0, 0.05) is 23.4 Å². The van der Waals surface area contributed by atoms with Gasteiger partial charge in [0.05, 0.1) is 16.7 Å². The summed E-state index contributed by atoms with van der Waals surface area (Å²) in [7, 11) is 0. The number of carboxylic acid groups (broad SMARTS) is 1. The molecule has 0 saturated carbocycles. The van der Waals surface area contributed by atoms with Crippen LogP contribution >= 0.6 is 11.6 Å². The van der Waals surface area contributed by atoms with E-state index in [-0.39, 0.29) is 30.9 Å². The highest BCUT2D eigenvalue weighted by molar-refractivity contribution is 6.31. The molecular formula is C19H16ClN3O4. The minimum atomic E-state index is -0.957. The Morgan fingerprint density at radius 1 is 1.15 bits per heavy atom. The fourth-order valence-electron chi connectivity index (χ4n) is 2.65. The molecule has 0 bridgehead atoms. The number of amides is 1. The van der Waals surface area contributed by atoms with E-state index in [2.05, 4.69) is 15.3 Å². The third kappa shape index (κ3) is 4.51. The van der Waals surface area contributed by atoms with Gasteiger partial charge in [-0.2, -0.15) is 0 Å². The number of benzene rings is 2. The highest BCUT2D eigenvalue weighted by Gasteiger charge is 2.15. The van der Waals surface area contributed by atoms with E-state index in [9.17, 15) is 14.4 Å². The molecule has 1 heterocycles. The maximum absolute atomic E-state index is 12.5. The first kappa shape index (κ1) is 18.6. The molecule has 1 aromatic heterocycles. The number of rotatable bonds is 6. The molecule has 7 nitrogen and oxygen atoms in total. The molecule has 8 heteroatoms. The number of para-hydroxylation sites is 2. The Morgan fingerprint density at radius 2 is 1.93 bits per heavy atom. The van der Waals surface area contributed by atoms with E-state index < -0.39 is 11.5 Å². The fourth-order valence-corrected chi connectivity index (χ4v) is 2.82. The molecule has 0 unspecified atom stereocenters. The van der Waals surface area contributed by atoms with Crippen LogP contribution in [0.2, 0.25) is 5.02 Å². The number of carbonyl (C=O) groups excluding carboxylic acids is 1. The third-order valence-electron chi connectivity index (χ3n) is 3.90. The molecule has 27 heavy (non-hydrogen) atoms. The van der Waals surface area contributed by atoms with Gasteiger partial charge in [0.25, 0.3) is 5.56 Å². The van der Waals surface area contributed by atoms with E-state index in [0.717, 1.165) is 0 Å². The summed E-state index contributed by atoms with van der Waals surface area (Å²) in [6.45, 7) is 0. The standard InChI is InChI=1S/C19H16ClN3O4/c20-11-8-9-13(21-16(24)6-3-7-17(25)26)12(10-11)18-19(27)23-15-5-2-1-4-14(15)22-18/h1-2,4-5,8-10H,3,6-7H2,(H,21,24)(H,23,27)(H,25,26). The summed E-state index contributed by atoms with van der Waals surface area (Å²) >= 11 is 6.07. The first-order valence-corrected chi connectivity index (χ1v) is 8.62. The van der Waals surface area contributed by atoms with Gasteiger partial charge in [-0.25, -0.2) is 4.98 Å². The first-order valence-electron chi connectivity index (χ1n) is 8.24. The molecule has 0 aliphatic heterocycles. The molecule has 0 radical (unpaired) electrons. The molecular weight excluding hydrogens is 370 g/mol. The van der Waals surface area contributed by atoms with Gasteiger partial charge in [-0.1, -0.05) is 23.7 Å². The molecule has 3 N–H and O–H groups in total. The van der Waals surface area contributed by atoms with Crippen molar-refractivity contribution in [3.8, 4) is 11.3 Å². The van der Waals surface area contributed by atoms with Gasteiger partial charge >= 0.3 is 5.97 Å². The number of aliphatic carboxylic acids is 1. The van der Waals surface area contributed by atoms with Gasteiger partial charge in [0.2, 0.25) is 5.91 Å². The van der Waals surface area contributed by atoms with Crippen molar-refractivity contribution < 1.29 is 14.7 Å². The Labute approximate surface area is 159 Å². The largest absolute Gasteiger partial charge is 0.481 e. The van der Waals surface area contributed by atoms with Gasteiger partial charge in [0.1, 0.15) is 5.69 Å². The number of aromatic amines is 1. The molecule has 138 valence electrons. The van der Waals surface area contributed by atoms with Crippen LogP contribution in [0, 0.1) is 0 Å². The number of carbonyl (C=O) groups is 2. The predicted octanol–water partition coefficient (Wildman–Crippen LogP) is 3.44. The zero-order chi connectivity index (χ0) is 19.4. The van der Waals surface area contributed by atoms with Gasteiger partial charge < -0.3 is 15.4 Å². The van der Waals surface area contributed by atoms with Crippen molar-refractivity contribution in [2.45, 2.75) is 19.3 Å². The Kier molecular flexibility index (Phi) is 5.52. The van der Waals surface area contributed by atoms with E-state index >= 15 is 0 Å². The molecule has 0 aliphatic rings. The number of halogens is 1. The van der Waals surface area contributed by atoms with Crippen molar-refractivity contribution in [1.29, 1.82) is 0 Å². The maximum Gasteiger partial charge on any atom is 0.303 e. The van der Waals surface area contributed by atoms with Crippen molar-refractivity contribution in [2.75, 3.05) is 5.32 Å². The molecule has 1 amide bonds. The molecule has 0 saturated heterocycles. The summed E-state index contributed by atoms with van der Waals surface area (Å²) in [4.78, 5) is 42.3. The van der Waals surface area contributed by atoms with E-state index in [1.54, 1.807) is 42.5 Å². The van der Waals surface area contributed by atoms with Gasteiger partial charge in [-0.05, 0) is 36.8 Å². The minimum Gasteiger partial charge on any atom is -0.481 e. The molecule has 0 atom stereocenters. The summed E-state index contributed by atoms with van der Waals surface area (Å²) < 4.78 is 0. The molecule has 3 aromatic rings. The average Bonchev–Trinajstić information content (AvgIpc) is 2.62. The Hall–Kier alpha value is -3.19. The van der Waals surface area contributed by atoms with Crippen LogP contribution in [-0.2, 0) is 9.59 Å². The first-order chi connectivity index (χ1) is 12.9. The minimum absolute atomic E-state index is 0.0515. The van der Waals surface area contributed by atoms with E-state index in [1.165, 1.54) is 0 Å². The second-order valence-corrected chi connectivity index (χ2v) is 6.35. The molecule has 0 fully saturated rings. The molecule has 0 aliphatic carbocycles. The van der Waals surface area contributed by atoms with Crippen molar-refractivity contribution in [1.82, 2.24) is 9.97 Å². The number of nitrogens with zero attached hydrogens (tertiary/aromatic N) is 1. The lowest BCUT2D eigenvalue weighted by atomic mass is 10.1. The summed E-state index contributed by atoms with van der Waals surface area (Å²) in [6.07, 6.45) is 0.182. The number of H-pyrrole nitrogens is 1. The van der Waals surface area contributed by atoms with Crippen molar-refractivity contribution in [3.05, 3.63) is 57.8 Å². The fraction of sp³-hybridized carbons (Fsp3) is 0.158. The average molecular weight is 386 g/mol. The zero-order valence-electron chi connectivity index (χ0n) is 14.2. The van der Waals surface area contributed by atoms with Crippen LogP contribution in [0.4, 0.5) is 5.69 Å². The number of aromatic nitrogens is 2. The summed E-state index contributed by atoms with van der Waals surface area (Å²) in [6, 6.07) is 11.8. The summed E-state index contributed by atoms with van der Waals surface area (Å²) in [5, 5.41) is 11.8. The van der Waals surface area contributed by atoms with Gasteiger partial charge in [-0.15, -0.1) is 0 Å².